The smallest absolute Gasteiger partial charge is 0.246 e. The monoisotopic (exact) mass is 266 g/mol. The topological polar surface area (TPSA) is 49.4 Å². The lowest BCUT2D eigenvalue weighted by Gasteiger charge is -2.41. The van der Waals surface area contributed by atoms with E-state index in [1.165, 1.54) is 12.8 Å². The van der Waals surface area contributed by atoms with Gasteiger partial charge in [-0.15, -0.1) is 0 Å². The highest BCUT2D eigenvalue weighted by atomic mass is 16.2. The quantitative estimate of drug-likeness (QED) is 0.826. The molecule has 0 aromatic heterocycles. The maximum absolute atomic E-state index is 12.6. The molecule has 1 saturated heterocycles. The van der Waals surface area contributed by atoms with Crippen molar-refractivity contribution in [2.75, 3.05) is 0 Å². The average molecular weight is 266 g/mol. The molecule has 0 bridgehead atoms. The van der Waals surface area contributed by atoms with E-state index in [9.17, 15) is 9.59 Å². The lowest BCUT2D eigenvalue weighted by Crippen LogP contribution is -2.64. The summed E-state index contributed by atoms with van der Waals surface area (Å²) in [5, 5.41) is 2.87. The Morgan fingerprint density at radius 1 is 1.21 bits per heavy atom. The van der Waals surface area contributed by atoms with Crippen LogP contribution in [0.3, 0.4) is 0 Å². The van der Waals surface area contributed by atoms with E-state index in [4.69, 9.17) is 0 Å². The van der Waals surface area contributed by atoms with Gasteiger partial charge in [-0.25, -0.2) is 0 Å². The van der Waals surface area contributed by atoms with Gasteiger partial charge in [-0.05, 0) is 38.5 Å². The van der Waals surface area contributed by atoms with Gasteiger partial charge < -0.3 is 10.2 Å². The van der Waals surface area contributed by atoms with Crippen LogP contribution in [0.1, 0.15) is 53.4 Å². The van der Waals surface area contributed by atoms with Gasteiger partial charge in [0.1, 0.15) is 12.1 Å². The van der Waals surface area contributed by atoms with Crippen LogP contribution in [0, 0.1) is 11.8 Å². The van der Waals surface area contributed by atoms with Crippen LogP contribution in [0.4, 0.5) is 0 Å². The summed E-state index contributed by atoms with van der Waals surface area (Å²) in [5.41, 5.74) is 0. The minimum absolute atomic E-state index is 0.00658. The fraction of sp³-hybridized carbons (Fsp3) is 0.867. The minimum Gasteiger partial charge on any atom is -0.343 e. The number of nitrogens with one attached hydrogen (secondary N) is 1. The number of nitrogens with zero attached hydrogens (tertiary/aromatic N) is 1. The molecule has 4 heteroatoms. The van der Waals surface area contributed by atoms with E-state index in [2.05, 4.69) is 26.1 Å². The number of hydrogen-bond donors (Lipinski definition) is 1. The highest BCUT2D eigenvalue weighted by Crippen LogP contribution is 2.35. The summed E-state index contributed by atoms with van der Waals surface area (Å²) in [4.78, 5) is 26.4. The van der Waals surface area contributed by atoms with E-state index in [-0.39, 0.29) is 29.9 Å². The fourth-order valence-electron chi connectivity index (χ4n) is 3.03. The van der Waals surface area contributed by atoms with Crippen LogP contribution < -0.4 is 5.32 Å². The van der Waals surface area contributed by atoms with Gasteiger partial charge in [0.2, 0.25) is 11.8 Å². The zero-order valence-corrected chi connectivity index (χ0v) is 12.5. The highest BCUT2D eigenvalue weighted by Gasteiger charge is 2.41. The number of carbonyl (C=O) groups excluding carboxylic acids is 2. The first-order valence-corrected chi connectivity index (χ1v) is 7.52. The van der Waals surface area contributed by atoms with Gasteiger partial charge in [-0.3, -0.25) is 9.59 Å². The standard InChI is InChI=1S/C15H26N2O2/c1-9(2)7-13-15(19)17(11(4)14(18)16-13)10(3)8-12-5-6-12/h9-13H,5-8H2,1-4H3,(H,16,18). The molecule has 1 N–H and O–H groups in total. The van der Waals surface area contributed by atoms with E-state index in [0.717, 1.165) is 18.8 Å². The Labute approximate surface area is 115 Å². The molecule has 3 atom stereocenters. The van der Waals surface area contributed by atoms with Gasteiger partial charge in [0, 0.05) is 6.04 Å². The normalized spacial score (nSPS) is 29.6. The van der Waals surface area contributed by atoms with E-state index < -0.39 is 0 Å². The Bertz CT molecular complexity index is 363. The third-order valence-electron chi connectivity index (χ3n) is 4.22. The van der Waals surface area contributed by atoms with E-state index in [1.54, 1.807) is 0 Å². The first-order valence-electron chi connectivity index (χ1n) is 7.52. The molecule has 1 aliphatic carbocycles. The van der Waals surface area contributed by atoms with Gasteiger partial charge in [-0.1, -0.05) is 26.7 Å². The Morgan fingerprint density at radius 3 is 2.37 bits per heavy atom. The van der Waals surface area contributed by atoms with Crippen molar-refractivity contribution >= 4 is 11.8 Å². The van der Waals surface area contributed by atoms with E-state index in [1.807, 2.05) is 11.8 Å². The second-order valence-electron chi connectivity index (χ2n) is 6.64. The van der Waals surface area contributed by atoms with E-state index >= 15 is 0 Å². The van der Waals surface area contributed by atoms with Crippen LogP contribution in [-0.2, 0) is 9.59 Å². The number of hydrogen-bond acceptors (Lipinski definition) is 2. The molecule has 1 heterocycles. The maximum atomic E-state index is 12.6. The highest BCUT2D eigenvalue weighted by molar-refractivity contribution is 5.96. The SMILES string of the molecule is CC(C)CC1NC(=O)C(C)N(C(C)CC2CC2)C1=O. The molecule has 1 saturated carbocycles. The van der Waals surface area contributed by atoms with Crippen molar-refractivity contribution in [3.63, 3.8) is 0 Å². The second kappa shape index (κ2) is 5.51. The molecule has 2 rings (SSSR count). The fourth-order valence-corrected chi connectivity index (χ4v) is 3.03. The molecule has 1 aliphatic heterocycles. The Balaban J connectivity index is 2.08. The maximum Gasteiger partial charge on any atom is 0.246 e. The number of carbonyl (C=O) groups is 2. The van der Waals surface area contributed by atoms with Gasteiger partial charge in [0.15, 0.2) is 0 Å². The van der Waals surface area contributed by atoms with Crippen LogP contribution in [0.2, 0.25) is 0 Å². The minimum atomic E-state index is -0.329. The molecule has 2 fully saturated rings. The second-order valence-corrected chi connectivity index (χ2v) is 6.64. The van der Waals surface area contributed by atoms with Gasteiger partial charge in [0.05, 0.1) is 0 Å². The zero-order chi connectivity index (χ0) is 14.2. The number of amides is 2. The molecule has 0 aromatic carbocycles. The molecule has 0 aromatic rings. The van der Waals surface area contributed by atoms with Crippen LogP contribution in [-0.4, -0.2) is 34.8 Å². The summed E-state index contributed by atoms with van der Waals surface area (Å²) >= 11 is 0. The number of piperazine rings is 1. The van der Waals surface area contributed by atoms with Crippen LogP contribution in [0.15, 0.2) is 0 Å². The molecule has 19 heavy (non-hydrogen) atoms. The Morgan fingerprint density at radius 2 is 1.84 bits per heavy atom. The predicted molar refractivity (Wildman–Crippen MR) is 74.5 cm³/mol. The van der Waals surface area contributed by atoms with Crippen LogP contribution in [0.25, 0.3) is 0 Å². The molecular weight excluding hydrogens is 240 g/mol. The van der Waals surface area contributed by atoms with Gasteiger partial charge in [0.25, 0.3) is 0 Å². The molecular formula is C15H26N2O2. The molecule has 2 aliphatic rings. The summed E-state index contributed by atoms with van der Waals surface area (Å²) in [6.45, 7) is 8.07. The molecule has 0 radical (unpaired) electrons. The van der Waals surface area contributed by atoms with Gasteiger partial charge in [-0.2, -0.15) is 0 Å². The largest absolute Gasteiger partial charge is 0.343 e. The van der Waals surface area contributed by atoms with Crippen molar-refractivity contribution in [1.82, 2.24) is 10.2 Å². The summed E-state index contributed by atoms with van der Waals surface area (Å²) in [7, 11) is 0. The number of rotatable bonds is 5. The molecule has 0 spiro atoms. The van der Waals surface area contributed by atoms with Crippen molar-refractivity contribution in [2.45, 2.75) is 71.5 Å². The Kier molecular flexibility index (Phi) is 4.16. The summed E-state index contributed by atoms with van der Waals surface area (Å²) in [6.07, 6.45) is 4.33. The van der Waals surface area contributed by atoms with Crippen molar-refractivity contribution in [1.29, 1.82) is 0 Å². The average Bonchev–Trinajstić information content (AvgIpc) is 3.09. The summed E-state index contributed by atoms with van der Waals surface area (Å²) in [5.74, 6) is 1.27. The molecule has 108 valence electrons. The summed E-state index contributed by atoms with van der Waals surface area (Å²) < 4.78 is 0. The van der Waals surface area contributed by atoms with Crippen molar-refractivity contribution < 1.29 is 9.59 Å². The van der Waals surface area contributed by atoms with E-state index in [0.29, 0.717) is 5.92 Å². The molecule has 2 amide bonds. The van der Waals surface area contributed by atoms with Crippen LogP contribution in [0.5, 0.6) is 0 Å². The van der Waals surface area contributed by atoms with Crippen molar-refractivity contribution in [3.8, 4) is 0 Å². The first kappa shape index (κ1) is 14.4. The molecule has 4 nitrogen and oxygen atoms in total. The lowest BCUT2D eigenvalue weighted by atomic mass is 9.96. The van der Waals surface area contributed by atoms with Gasteiger partial charge >= 0.3 is 0 Å². The van der Waals surface area contributed by atoms with Crippen molar-refractivity contribution in [3.05, 3.63) is 0 Å². The third-order valence-corrected chi connectivity index (χ3v) is 4.22. The lowest BCUT2D eigenvalue weighted by molar-refractivity contribution is -0.151. The Hall–Kier alpha value is -1.06. The molecule has 3 unspecified atom stereocenters. The summed E-state index contributed by atoms with van der Waals surface area (Å²) in [6, 6.07) is -0.481. The zero-order valence-electron chi connectivity index (χ0n) is 12.5. The predicted octanol–water partition coefficient (Wildman–Crippen LogP) is 1.94. The van der Waals surface area contributed by atoms with Crippen LogP contribution >= 0.6 is 0 Å². The van der Waals surface area contributed by atoms with Crippen molar-refractivity contribution in [2.24, 2.45) is 11.8 Å². The first-order chi connectivity index (χ1) is 8.90. The third kappa shape index (κ3) is 3.28.